The van der Waals surface area contributed by atoms with E-state index in [2.05, 4.69) is 17.6 Å². The second-order valence-electron chi connectivity index (χ2n) is 7.78. The summed E-state index contributed by atoms with van der Waals surface area (Å²) in [5.41, 5.74) is 0. The number of fused-ring (bicyclic) bond motifs is 2. The monoisotopic (exact) mass is 292 g/mol. The number of hydrogen-bond acceptors (Lipinski definition) is 2. The van der Waals surface area contributed by atoms with Gasteiger partial charge in [0, 0.05) is 25.0 Å². The zero-order chi connectivity index (χ0) is 14.7. The minimum atomic E-state index is 0.305. The lowest BCUT2D eigenvalue weighted by Crippen LogP contribution is -2.40. The fourth-order valence-corrected chi connectivity index (χ4v) is 4.78. The normalized spacial score (nSPS) is 39.2. The molecule has 0 spiro atoms. The first-order chi connectivity index (χ1) is 10.2. The highest BCUT2D eigenvalue weighted by molar-refractivity contribution is 5.76. The van der Waals surface area contributed by atoms with Crippen LogP contribution in [0, 0.1) is 17.8 Å². The third kappa shape index (κ3) is 4.21. The van der Waals surface area contributed by atoms with Gasteiger partial charge in [-0.25, -0.2) is 0 Å². The molecule has 2 bridgehead atoms. The van der Waals surface area contributed by atoms with Crippen molar-refractivity contribution in [3.05, 3.63) is 0 Å². The first kappa shape index (κ1) is 15.3. The highest BCUT2D eigenvalue weighted by Crippen LogP contribution is 2.33. The number of hydrogen-bond donors (Lipinski definition) is 2. The number of rotatable bonds is 5. The Morgan fingerprint density at radius 3 is 2.19 bits per heavy atom. The number of carbonyl (C=O) groups is 1. The lowest BCUT2D eigenvalue weighted by Gasteiger charge is -2.30. The van der Waals surface area contributed by atoms with Crippen LogP contribution in [0.15, 0.2) is 0 Å². The molecule has 0 aromatic carbocycles. The van der Waals surface area contributed by atoms with Gasteiger partial charge in [-0.1, -0.05) is 26.2 Å². The molecular formula is C18H32N2O. The Bertz CT molecular complexity index is 337. The molecule has 1 saturated carbocycles. The minimum absolute atomic E-state index is 0.305. The molecular weight excluding hydrogens is 260 g/mol. The molecule has 3 rings (SSSR count). The van der Waals surface area contributed by atoms with Crippen molar-refractivity contribution in [3.8, 4) is 0 Å². The van der Waals surface area contributed by atoms with Crippen molar-refractivity contribution in [2.45, 2.75) is 83.2 Å². The summed E-state index contributed by atoms with van der Waals surface area (Å²) in [5.74, 6) is 2.61. The zero-order valence-electron chi connectivity index (χ0n) is 13.6. The molecule has 3 fully saturated rings. The maximum atomic E-state index is 12.2. The first-order valence-corrected chi connectivity index (χ1v) is 9.25. The summed E-state index contributed by atoms with van der Waals surface area (Å²) in [6.07, 6.45) is 12.5. The van der Waals surface area contributed by atoms with Gasteiger partial charge in [0.15, 0.2) is 0 Å². The van der Waals surface area contributed by atoms with Gasteiger partial charge >= 0.3 is 0 Å². The molecule has 2 aliphatic heterocycles. The van der Waals surface area contributed by atoms with Crippen LogP contribution in [0.5, 0.6) is 0 Å². The van der Waals surface area contributed by atoms with Gasteiger partial charge in [-0.2, -0.15) is 0 Å². The summed E-state index contributed by atoms with van der Waals surface area (Å²) in [7, 11) is 0. The Hall–Kier alpha value is -0.570. The summed E-state index contributed by atoms with van der Waals surface area (Å²) in [6.45, 7) is 3.23. The maximum Gasteiger partial charge on any atom is 0.220 e. The van der Waals surface area contributed by atoms with E-state index in [1.807, 2.05) is 0 Å². The Morgan fingerprint density at radius 1 is 0.952 bits per heavy atom. The summed E-state index contributed by atoms with van der Waals surface area (Å²) in [6, 6.07) is 1.40. The Balaban J connectivity index is 1.33. The SMILES string of the molecule is CCC1CCC(CNC(=O)CC2CC3CCC(C2)N3)CC1. The highest BCUT2D eigenvalue weighted by Gasteiger charge is 2.34. The third-order valence-corrected chi connectivity index (χ3v) is 6.18. The van der Waals surface area contributed by atoms with Crippen LogP contribution in [-0.4, -0.2) is 24.5 Å². The second-order valence-corrected chi connectivity index (χ2v) is 7.78. The number of nitrogens with one attached hydrogen (secondary N) is 2. The summed E-state index contributed by atoms with van der Waals surface area (Å²) in [5, 5.41) is 6.88. The Morgan fingerprint density at radius 2 is 1.57 bits per heavy atom. The van der Waals surface area contributed by atoms with E-state index in [1.165, 1.54) is 57.8 Å². The fraction of sp³-hybridized carbons (Fsp3) is 0.944. The van der Waals surface area contributed by atoms with Crippen LogP contribution < -0.4 is 10.6 Å². The average Bonchev–Trinajstić information content (AvgIpc) is 2.84. The van der Waals surface area contributed by atoms with Crippen molar-refractivity contribution >= 4 is 5.91 Å². The van der Waals surface area contributed by atoms with Crippen molar-refractivity contribution in [1.82, 2.24) is 10.6 Å². The van der Waals surface area contributed by atoms with E-state index in [1.54, 1.807) is 0 Å². The summed E-state index contributed by atoms with van der Waals surface area (Å²) in [4.78, 5) is 12.2. The molecule has 1 aliphatic carbocycles. The fourth-order valence-electron chi connectivity index (χ4n) is 4.78. The van der Waals surface area contributed by atoms with Crippen LogP contribution in [0.1, 0.15) is 71.1 Å². The topological polar surface area (TPSA) is 41.1 Å². The quantitative estimate of drug-likeness (QED) is 0.817. The third-order valence-electron chi connectivity index (χ3n) is 6.18. The molecule has 120 valence electrons. The van der Waals surface area contributed by atoms with E-state index in [-0.39, 0.29) is 0 Å². The molecule has 2 atom stereocenters. The van der Waals surface area contributed by atoms with E-state index in [0.717, 1.165) is 24.8 Å². The van der Waals surface area contributed by atoms with E-state index < -0.39 is 0 Å². The second kappa shape index (κ2) is 7.13. The van der Waals surface area contributed by atoms with E-state index in [4.69, 9.17) is 0 Å². The smallest absolute Gasteiger partial charge is 0.220 e. The molecule has 3 heteroatoms. The standard InChI is InChI=1S/C18H32N2O/c1-2-13-3-5-14(6-4-13)12-19-18(21)11-15-9-16-7-8-17(10-15)20-16/h13-17,20H,2-12H2,1H3,(H,19,21). The molecule has 3 nitrogen and oxygen atoms in total. The van der Waals surface area contributed by atoms with Gasteiger partial charge in [0.05, 0.1) is 0 Å². The van der Waals surface area contributed by atoms with Gasteiger partial charge in [-0.15, -0.1) is 0 Å². The van der Waals surface area contributed by atoms with Crippen molar-refractivity contribution < 1.29 is 4.79 Å². The Labute approximate surface area is 129 Å². The minimum Gasteiger partial charge on any atom is -0.356 e. The van der Waals surface area contributed by atoms with Crippen LogP contribution >= 0.6 is 0 Å². The van der Waals surface area contributed by atoms with Crippen LogP contribution in [0.25, 0.3) is 0 Å². The molecule has 2 N–H and O–H groups in total. The van der Waals surface area contributed by atoms with Gasteiger partial charge in [0.1, 0.15) is 0 Å². The predicted octanol–water partition coefficient (Wildman–Crippen LogP) is 3.24. The van der Waals surface area contributed by atoms with Crippen molar-refractivity contribution in [2.24, 2.45) is 17.8 Å². The Kier molecular flexibility index (Phi) is 5.20. The van der Waals surface area contributed by atoms with E-state index >= 15 is 0 Å². The summed E-state index contributed by atoms with van der Waals surface area (Å²) < 4.78 is 0. The van der Waals surface area contributed by atoms with Gasteiger partial charge in [0.2, 0.25) is 5.91 Å². The lowest BCUT2D eigenvalue weighted by molar-refractivity contribution is -0.122. The lowest BCUT2D eigenvalue weighted by atomic mass is 9.81. The van der Waals surface area contributed by atoms with E-state index in [0.29, 0.717) is 23.9 Å². The molecule has 2 saturated heterocycles. The van der Waals surface area contributed by atoms with E-state index in [9.17, 15) is 4.79 Å². The summed E-state index contributed by atoms with van der Waals surface area (Å²) >= 11 is 0. The van der Waals surface area contributed by atoms with Crippen LogP contribution in [0.4, 0.5) is 0 Å². The molecule has 0 radical (unpaired) electrons. The van der Waals surface area contributed by atoms with Gasteiger partial charge < -0.3 is 10.6 Å². The molecule has 3 aliphatic rings. The van der Waals surface area contributed by atoms with Crippen molar-refractivity contribution in [3.63, 3.8) is 0 Å². The molecule has 0 aromatic heterocycles. The number of carbonyl (C=O) groups excluding carboxylic acids is 1. The highest BCUT2D eigenvalue weighted by atomic mass is 16.1. The molecule has 0 aromatic rings. The molecule has 2 unspecified atom stereocenters. The molecule has 1 amide bonds. The van der Waals surface area contributed by atoms with Crippen LogP contribution in [-0.2, 0) is 4.79 Å². The largest absolute Gasteiger partial charge is 0.356 e. The van der Waals surface area contributed by atoms with Gasteiger partial charge in [0.25, 0.3) is 0 Å². The van der Waals surface area contributed by atoms with Crippen molar-refractivity contribution in [2.75, 3.05) is 6.54 Å². The van der Waals surface area contributed by atoms with Gasteiger partial charge in [-0.05, 0) is 56.3 Å². The molecule has 21 heavy (non-hydrogen) atoms. The molecule has 2 heterocycles. The zero-order valence-corrected chi connectivity index (χ0v) is 13.6. The predicted molar refractivity (Wildman–Crippen MR) is 86.0 cm³/mol. The average molecular weight is 292 g/mol. The van der Waals surface area contributed by atoms with Crippen LogP contribution in [0.2, 0.25) is 0 Å². The number of piperidine rings is 1. The van der Waals surface area contributed by atoms with Crippen molar-refractivity contribution in [1.29, 1.82) is 0 Å². The van der Waals surface area contributed by atoms with Gasteiger partial charge in [-0.3, -0.25) is 4.79 Å². The number of amides is 1. The maximum absolute atomic E-state index is 12.2. The first-order valence-electron chi connectivity index (χ1n) is 9.25. The van der Waals surface area contributed by atoms with Crippen LogP contribution in [0.3, 0.4) is 0 Å².